The van der Waals surface area contributed by atoms with Crippen LogP contribution >= 0.6 is 8.43 Å². The van der Waals surface area contributed by atoms with E-state index in [0.717, 1.165) is 27.9 Å². The second-order valence-corrected chi connectivity index (χ2v) is 2.76. The van der Waals surface area contributed by atoms with E-state index < -0.39 is 0 Å². The largest absolute Gasteiger partial charge is 0.228 e. The van der Waals surface area contributed by atoms with Crippen molar-refractivity contribution >= 4 is 14.2 Å². The fraction of sp³-hybridized carbons (Fsp3) is 0.833. The Morgan fingerprint density at radius 3 is 3.22 bits per heavy atom. The summed E-state index contributed by atoms with van der Waals surface area (Å²) >= 11 is 0. The molecule has 1 rings (SSSR count). The first-order valence-electron chi connectivity index (χ1n) is 3.30. The van der Waals surface area contributed by atoms with E-state index in [1.54, 1.807) is 0 Å². The Morgan fingerprint density at radius 1 is 1.22 bits per heavy atom. The first kappa shape index (κ1) is 7.20. The van der Waals surface area contributed by atoms with Crippen molar-refractivity contribution in [3.8, 4) is 0 Å². The summed E-state index contributed by atoms with van der Waals surface area (Å²) < 4.78 is 4.77. The zero-order chi connectivity index (χ0) is 6.36. The third kappa shape index (κ3) is 3.63. The highest BCUT2D eigenvalue weighted by atomic mass is 31.1. The zero-order valence-corrected chi connectivity index (χ0v) is 6.27. The predicted molar refractivity (Wildman–Crippen MR) is 38.5 cm³/mol. The summed E-state index contributed by atoms with van der Waals surface area (Å²) in [6.07, 6.45) is 4.82. The minimum absolute atomic E-state index is 0.751. The molecule has 52 valence electrons. The van der Waals surface area contributed by atoms with Crippen LogP contribution in [0.25, 0.3) is 0 Å². The van der Waals surface area contributed by atoms with Crippen molar-refractivity contribution < 1.29 is 9.56 Å². The molecule has 0 aromatic carbocycles. The van der Waals surface area contributed by atoms with Crippen molar-refractivity contribution in [1.82, 2.24) is 0 Å². The summed E-state index contributed by atoms with van der Waals surface area (Å²) in [5.74, 6) is 2.09. The molecule has 0 radical (unpaired) electrons. The normalized spacial score (nSPS) is 24.0. The summed E-state index contributed by atoms with van der Waals surface area (Å²) in [5, 5.41) is 0. The second kappa shape index (κ2) is 4.92. The molecule has 0 aromatic heterocycles. The van der Waals surface area contributed by atoms with Crippen LogP contribution in [0.5, 0.6) is 0 Å². The van der Waals surface area contributed by atoms with Gasteiger partial charge in [-0.3, -0.25) is 0 Å². The average molecular weight is 146 g/mol. The van der Waals surface area contributed by atoms with Gasteiger partial charge in [0, 0.05) is 0 Å². The van der Waals surface area contributed by atoms with Gasteiger partial charge in [0.2, 0.25) is 0 Å². The van der Waals surface area contributed by atoms with E-state index in [0.29, 0.717) is 0 Å². The Balaban J connectivity index is 2.15. The van der Waals surface area contributed by atoms with Crippen LogP contribution in [-0.4, -0.2) is 12.4 Å². The van der Waals surface area contributed by atoms with Gasteiger partial charge >= 0.3 is 0 Å². The highest BCUT2D eigenvalue weighted by Gasteiger charge is 1.91. The van der Waals surface area contributed by atoms with Crippen molar-refractivity contribution in [2.24, 2.45) is 0 Å². The summed E-state index contributed by atoms with van der Waals surface area (Å²) in [6, 6.07) is 0. The van der Waals surface area contributed by atoms with Gasteiger partial charge in [-0.05, 0) is 25.1 Å². The summed E-state index contributed by atoms with van der Waals surface area (Å²) in [5.41, 5.74) is 0. The third-order valence-corrected chi connectivity index (χ3v) is 1.83. The molecule has 3 heteroatoms. The Bertz CT molecular complexity index is 83.1. The van der Waals surface area contributed by atoms with Gasteiger partial charge in [-0.1, -0.05) is 6.42 Å². The molecule has 9 heavy (non-hydrogen) atoms. The lowest BCUT2D eigenvalue weighted by Crippen LogP contribution is -1.88. The zero-order valence-electron chi connectivity index (χ0n) is 5.38. The predicted octanol–water partition coefficient (Wildman–Crippen LogP) is 2.17. The second-order valence-electron chi connectivity index (χ2n) is 2.03. The van der Waals surface area contributed by atoms with E-state index in [4.69, 9.17) is 9.56 Å². The molecule has 0 aliphatic carbocycles. The molecule has 0 N–H and O–H groups in total. The van der Waals surface area contributed by atoms with Crippen LogP contribution in [0.1, 0.15) is 25.7 Å². The SMILES string of the molecule is C1=POOCCCCC1. The maximum Gasteiger partial charge on any atom is 0.0948 e. The minimum atomic E-state index is 0.751. The maximum absolute atomic E-state index is 4.81. The standard InChI is InChI=1S/C6H11O2P/c1-2-4-6-9-8-7-5-3-1/h6H,1-5H2. The molecule has 0 bridgehead atoms. The van der Waals surface area contributed by atoms with Crippen LogP contribution in [0.15, 0.2) is 0 Å². The van der Waals surface area contributed by atoms with Crippen LogP contribution in [0.2, 0.25) is 0 Å². The molecule has 0 saturated carbocycles. The summed E-state index contributed by atoms with van der Waals surface area (Å²) in [6.45, 7) is 0.751. The lowest BCUT2D eigenvalue weighted by atomic mass is 10.2. The van der Waals surface area contributed by atoms with Crippen LogP contribution in [0, 0.1) is 0 Å². The molecule has 0 saturated heterocycles. The van der Waals surface area contributed by atoms with E-state index in [2.05, 4.69) is 5.80 Å². The quantitative estimate of drug-likeness (QED) is 0.385. The van der Waals surface area contributed by atoms with Crippen LogP contribution in [-0.2, 0) is 9.56 Å². The molecule has 2 nitrogen and oxygen atoms in total. The van der Waals surface area contributed by atoms with Crippen LogP contribution in [0.4, 0.5) is 0 Å². The van der Waals surface area contributed by atoms with E-state index in [9.17, 15) is 0 Å². The molecule has 0 atom stereocenters. The smallest absolute Gasteiger partial charge is 0.0948 e. The topological polar surface area (TPSA) is 18.5 Å². The highest BCUT2D eigenvalue weighted by Crippen LogP contribution is 2.07. The van der Waals surface area contributed by atoms with Gasteiger partial charge < -0.3 is 0 Å². The van der Waals surface area contributed by atoms with Crippen LogP contribution in [0.3, 0.4) is 0 Å². The van der Waals surface area contributed by atoms with Gasteiger partial charge in [-0.2, -0.15) is 4.67 Å². The molecule has 1 aliphatic heterocycles. The maximum atomic E-state index is 4.81. The van der Waals surface area contributed by atoms with Gasteiger partial charge in [0.25, 0.3) is 0 Å². The Labute approximate surface area is 57.0 Å². The van der Waals surface area contributed by atoms with Gasteiger partial charge in [0.05, 0.1) is 15.0 Å². The highest BCUT2D eigenvalue weighted by molar-refractivity contribution is 7.32. The van der Waals surface area contributed by atoms with E-state index >= 15 is 0 Å². The monoisotopic (exact) mass is 146 g/mol. The number of rotatable bonds is 0. The van der Waals surface area contributed by atoms with E-state index in [1.807, 2.05) is 0 Å². The lowest BCUT2D eigenvalue weighted by molar-refractivity contribution is -0.194. The molecule has 0 aromatic rings. The molecule has 0 fully saturated rings. The molecule has 0 amide bonds. The molecular weight excluding hydrogens is 135 g/mol. The Hall–Kier alpha value is 0.0900. The number of hydrogen-bond donors (Lipinski definition) is 0. The molecule has 0 spiro atoms. The Morgan fingerprint density at radius 2 is 2.22 bits per heavy atom. The molecule has 1 heterocycles. The fourth-order valence-electron chi connectivity index (χ4n) is 0.724. The summed E-state index contributed by atoms with van der Waals surface area (Å²) in [4.78, 5) is 4.81. The average Bonchev–Trinajstić information content (AvgIpc) is 2.00. The van der Waals surface area contributed by atoms with Crippen molar-refractivity contribution in [3.63, 3.8) is 0 Å². The van der Waals surface area contributed by atoms with Crippen molar-refractivity contribution in [2.75, 3.05) is 6.61 Å². The van der Waals surface area contributed by atoms with Gasteiger partial charge in [-0.25, -0.2) is 4.89 Å². The first-order valence-corrected chi connectivity index (χ1v) is 4.19. The fourth-order valence-corrected chi connectivity index (χ4v) is 1.21. The van der Waals surface area contributed by atoms with Gasteiger partial charge in [-0.15, -0.1) is 0 Å². The minimum Gasteiger partial charge on any atom is -0.228 e. The van der Waals surface area contributed by atoms with Crippen molar-refractivity contribution in [3.05, 3.63) is 0 Å². The Kier molecular flexibility index (Phi) is 3.94. The first-order chi connectivity index (χ1) is 4.50. The van der Waals surface area contributed by atoms with Gasteiger partial charge in [0.15, 0.2) is 0 Å². The molecule has 1 aliphatic rings. The van der Waals surface area contributed by atoms with Crippen LogP contribution < -0.4 is 0 Å². The van der Waals surface area contributed by atoms with E-state index in [-0.39, 0.29) is 0 Å². The molecule has 0 unspecified atom stereocenters. The van der Waals surface area contributed by atoms with Crippen molar-refractivity contribution in [1.29, 1.82) is 0 Å². The van der Waals surface area contributed by atoms with Crippen molar-refractivity contribution in [2.45, 2.75) is 25.7 Å². The third-order valence-electron chi connectivity index (χ3n) is 1.23. The van der Waals surface area contributed by atoms with E-state index in [1.165, 1.54) is 12.8 Å². The number of hydrogen-bond acceptors (Lipinski definition) is 2. The van der Waals surface area contributed by atoms with Gasteiger partial charge in [0.1, 0.15) is 0 Å². The molecular formula is C6H11O2P. The summed E-state index contributed by atoms with van der Waals surface area (Å²) in [7, 11) is 0.867. The lowest BCUT2D eigenvalue weighted by Gasteiger charge is -1.94.